The summed E-state index contributed by atoms with van der Waals surface area (Å²) in [5, 5.41) is 4.55. The maximum atomic E-state index is 12.7. The van der Waals surface area contributed by atoms with Gasteiger partial charge in [0, 0.05) is 57.4 Å². The van der Waals surface area contributed by atoms with E-state index in [0.717, 1.165) is 50.8 Å². The number of carbonyl (C=O) groups excluding carboxylic acids is 1. The van der Waals surface area contributed by atoms with Gasteiger partial charge in [-0.05, 0) is 19.2 Å². The van der Waals surface area contributed by atoms with Crippen LogP contribution in [0.2, 0.25) is 0 Å². The number of hydrogen-bond acceptors (Lipinski definition) is 6. The van der Waals surface area contributed by atoms with Gasteiger partial charge in [0.2, 0.25) is 5.95 Å². The summed E-state index contributed by atoms with van der Waals surface area (Å²) < 4.78 is 7.22. The third-order valence-electron chi connectivity index (χ3n) is 5.21. The molecule has 1 aromatic carbocycles. The number of hydrogen-bond donors (Lipinski definition) is 0. The van der Waals surface area contributed by atoms with Gasteiger partial charge in [-0.2, -0.15) is 4.98 Å². The molecule has 2 aliphatic heterocycles. The number of carbonyl (C=O) groups is 1. The predicted molar refractivity (Wildman–Crippen MR) is 103 cm³/mol. The van der Waals surface area contributed by atoms with Crippen molar-refractivity contribution < 1.29 is 9.53 Å². The highest BCUT2D eigenvalue weighted by atomic mass is 16.5. The molecule has 1 aromatic heterocycles. The van der Waals surface area contributed by atoms with Crippen molar-refractivity contribution in [2.45, 2.75) is 0 Å². The van der Waals surface area contributed by atoms with Crippen LogP contribution in [-0.4, -0.2) is 90.0 Å². The van der Waals surface area contributed by atoms with Crippen LogP contribution in [0.4, 0.5) is 5.95 Å². The molecule has 0 radical (unpaired) electrons. The third kappa shape index (κ3) is 3.81. The van der Waals surface area contributed by atoms with Gasteiger partial charge in [0.05, 0.1) is 13.2 Å². The summed E-state index contributed by atoms with van der Waals surface area (Å²) in [5.41, 5.74) is 1.63. The average Bonchev–Trinajstić information content (AvgIpc) is 3.10. The molecule has 1 amide bonds. The van der Waals surface area contributed by atoms with Crippen LogP contribution >= 0.6 is 0 Å². The highest BCUT2D eigenvalue weighted by Gasteiger charge is 2.21. The first-order chi connectivity index (χ1) is 13.1. The van der Waals surface area contributed by atoms with Crippen molar-refractivity contribution in [1.82, 2.24) is 24.6 Å². The van der Waals surface area contributed by atoms with E-state index >= 15 is 0 Å². The molecule has 2 aromatic rings. The maximum absolute atomic E-state index is 12.7. The second-order valence-corrected chi connectivity index (χ2v) is 7.13. The van der Waals surface area contributed by atoms with E-state index in [1.54, 1.807) is 0 Å². The molecule has 0 saturated carbocycles. The summed E-state index contributed by atoms with van der Waals surface area (Å²) in [7, 11) is 3.99. The highest BCUT2D eigenvalue weighted by molar-refractivity contribution is 5.94. The fraction of sp³-hybridized carbons (Fsp3) is 0.526. The van der Waals surface area contributed by atoms with E-state index in [1.165, 1.54) is 0 Å². The van der Waals surface area contributed by atoms with E-state index in [0.29, 0.717) is 24.6 Å². The molecule has 8 nitrogen and oxygen atoms in total. The summed E-state index contributed by atoms with van der Waals surface area (Å²) >= 11 is 0. The minimum absolute atomic E-state index is 0.0950. The van der Waals surface area contributed by atoms with Crippen LogP contribution < -0.4 is 4.90 Å². The van der Waals surface area contributed by atoms with E-state index in [2.05, 4.69) is 21.9 Å². The molecule has 27 heavy (non-hydrogen) atoms. The minimum Gasteiger partial charge on any atom is -0.378 e. The van der Waals surface area contributed by atoms with Gasteiger partial charge in [-0.1, -0.05) is 12.1 Å². The van der Waals surface area contributed by atoms with Crippen LogP contribution in [0.1, 0.15) is 10.4 Å². The van der Waals surface area contributed by atoms with Crippen LogP contribution in [0.25, 0.3) is 11.4 Å². The van der Waals surface area contributed by atoms with Gasteiger partial charge in [0.1, 0.15) is 0 Å². The lowest BCUT2D eigenvalue weighted by molar-refractivity contribution is 0.0664. The van der Waals surface area contributed by atoms with Gasteiger partial charge >= 0.3 is 0 Å². The summed E-state index contributed by atoms with van der Waals surface area (Å²) in [5.74, 6) is 1.63. The lowest BCUT2D eigenvalue weighted by Gasteiger charge is -2.32. The Morgan fingerprint density at radius 2 is 1.63 bits per heavy atom. The maximum Gasteiger partial charge on any atom is 0.253 e. The molecular formula is C19H26N6O2. The first-order valence-corrected chi connectivity index (χ1v) is 9.44. The zero-order valence-electron chi connectivity index (χ0n) is 16.0. The Kier molecular flexibility index (Phi) is 5.09. The Morgan fingerprint density at radius 3 is 2.30 bits per heavy atom. The van der Waals surface area contributed by atoms with E-state index in [4.69, 9.17) is 9.72 Å². The predicted octanol–water partition coefficient (Wildman–Crippen LogP) is 0.706. The van der Waals surface area contributed by atoms with Crippen molar-refractivity contribution in [3.63, 3.8) is 0 Å². The molecule has 2 aliphatic rings. The Morgan fingerprint density at radius 1 is 0.963 bits per heavy atom. The average molecular weight is 370 g/mol. The van der Waals surface area contributed by atoms with Crippen molar-refractivity contribution in [3.8, 4) is 11.4 Å². The normalized spacial score (nSPS) is 18.7. The van der Waals surface area contributed by atoms with Gasteiger partial charge in [0.25, 0.3) is 5.91 Å². The molecule has 3 heterocycles. The summed E-state index contributed by atoms with van der Waals surface area (Å²) in [6, 6.07) is 7.62. The number of likely N-dealkylation sites (N-methyl/N-ethyl adjacent to an activating group) is 1. The Bertz CT molecular complexity index is 789. The first-order valence-electron chi connectivity index (χ1n) is 9.44. The molecule has 0 bridgehead atoms. The highest BCUT2D eigenvalue weighted by Crippen LogP contribution is 2.21. The van der Waals surface area contributed by atoms with Gasteiger partial charge < -0.3 is 19.4 Å². The van der Waals surface area contributed by atoms with Crippen molar-refractivity contribution >= 4 is 11.9 Å². The zero-order chi connectivity index (χ0) is 18.8. The van der Waals surface area contributed by atoms with E-state index in [1.807, 2.05) is 40.9 Å². The van der Waals surface area contributed by atoms with Crippen molar-refractivity contribution in [2.24, 2.45) is 7.05 Å². The topological polar surface area (TPSA) is 66.7 Å². The van der Waals surface area contributed by atoms with Gasteiger partial charge in [-0.3, -0.25) is 4.79 Å². The Balaban J connectivity index is 1.48. The monoisotopic (exact) mass is 370 g/mol. The van der Waals surface area contributed by atoms with Crippen LogP contribution in [0.15, 0.2) is 24.3 Å². The number of nitrogens with zero attached hydrogens (tertiary/aromatic N) is 6. The molecule has 0 aliphatic carbocycles. The first kappa shape index (κ1) is 17.9. The molecule has 0 unspecified atom stereocenters. The molecule has 0 spiro atoms. The largest absolute Gasteiger partial charge is 0.378 e. The number of aromatic nitrogens is 3. The fourth-order valence-corrected chi connectivity index (χ4v) is 3.49. The van der Waals surface area contributed by atoms with Crippen molar-refractivity contribution in [3.05, 3.63) is 29.8 Å². The lowest BCUT2D eigenvalue weighted by atomic mass is 10.1. The van der Waals surface area contributed by atoms with E-state index in [9.17, 15) is 4.79 Å². The van der Waals surface area contributed by atoms with Crippen molar-refractivity contribution in [2.75, 3.05) is 64.4 Å². The van der Waals surface area contributed by atoms with Gasteiger partial charge in [-0.15, -0.1) is 5.10 Å². The smallest absolute Gasteiger partial charge is 0.253 e. The molecule has 8 heteroatoms. The lowest BCUT2D eigenvalue weighted by Crippen LogP contribution is -2.47. The van der Waals surface area contributed by atoms with Crippen LogP contribution in [-0.2, 0) is 11.8 Å². The SMILES string of the molecule is CN1CCN(C(=O)c2ccc(-c3nc(N4CCOCC4)n(C)n3)cc2)CC1. The number of rotatable bonds is 3. The molecule has 2 fully saturated rings. The molecule has 4 rings (SSSR count). The van der Waals surface area contributed by atoms with Gasteiger partial charge in [0.15, 0.2) is 5.82 Å². The standard InChI is InChI=1S/C19H26N6O2/c1-22-7-9-24(10-8-22)18(26)16-5-3-15(4-6-16)17-20-19(23(2)21-17)25-11-13-27-14-12-25/h3-6H,7-14H2,1-2H3. The van der Waals surface area contributed by atoms with Crippen LogP contribution in [0.3, 0.4) is 0 Å². The third-order valence-corrected chi connectivity index (χ3v) is 5.21. The number of amides is 1. The Labute approximate surface area is 159 Å². The molecule has 0 atom stereocenters. The molecular weight excluding hydrogens is 344 g/mol. The van der Waals surface area contributed by atoms with Crippen LogP contribution in [0, 0.1) is 0 Å². The van der Waals surface area contributed by atoms with Crippen LogP contribution in [0.5, 0.6) is 0 Å². The summed E-state index contributed by atoms with van der Waals surface area (Å²) in [6.45, 7) is 6.48. The summed E-state index contributed by atoms with van der Waals surface area (Å²) in [6.07, 6.45) is 0. The number of morpholine rings is 1. The van der Waals surface area contributed by atoms with E-state index < -0.39 is 0 Å². The quantitative estimate of drug-likeness (QED) is 0.793. The fourth-order valence-electron chi connectivity index (χ4n) is 3.49. The molecule has 144 valence electrons. The minimum atomic E-state index is 0.0950. The Hall–Kier alpha value is -2.45. The molecule has 2 saturated heterocycles. The second kappa shape index (κ2) is 7.66. The number of benzene rings is 1. The number of anilines is 1. The van der Waals surface area contributed by atoms with Gasteiger partial charge in [-0.25, -0.2) is 4.68 Å². The second-order valence-electron chi connectivity index (χ2n) is 7.13. The number of ether oxygens (including phenoxy) is 1. The molecule has 0 N–H and O–H groups in total. The summed E-state index contributed by atoms with van der Waals surface area (Å²) in [4.78, 5) is 23.7. The number of piperazine rings is 1. The van der Waals surface area contributed by atoms with Crippen molar-refractivity contribution in [1.29, 1.82) is 0 Å². The number of aryl methyl sites for hydroxylation is 1. The van der Waals surface area contributed by atoms with E-state index in [-0.39, 0.29) is 5.91 Å². The zero-order valence-corrected chi connectivity index (χ0v) is 16.0.